The number of amides is 1. The van der Waals surface area contributed by atoms with Crippen molar-refractivity contribution in [2.24, 2.45) is 0 Å². The first-order chi connectivity index (χ1) is 11.7. The molecule has 0 atom stereocenters. The first-order valence-corrected chi connectivity index (χ1v) is 8.12. The molecule has 1 aliphatic heterocycles. The lowest BCUT2D eigenvalue weighted by molar-refractivity contribution is 0.0794. The van der Waals surface area contributed by atoms with Gasteiger partial charge in [0.15, 0.2) is 5.65 Å². The van der Waals surface area contributed by atoms with E-state index in [2.05, 4.69) is 11.7 Å². The van der Waals surface area contributed by atoms with Crippen LogP contribution in [0.15, 0.2) is 47.9 Å². The molecule has 0 aliphatic carbocycles. The van der Waals surface area contributed by atoms with Crippen LogP contribution in [-0.2, 0) is 6.54 Å². The van der Waals surface area contributed by atoms with Crippen LogP contribution in [0.5, 0.6) is 0 Å². The molecule has 1 aromatic carbocycles. The highest BCUT2D eigenvalue weighted by Crippen LogP contribution is 2.20. The summed E-state index contributed by atoms with van der Waals surface area (Å²) in [6.07, 6.45) is 5.27. The van der Waals surface area contributed by atoms with Gasteiger partial charge in [0.05, 0.1) is 17.1 Å². The van der Waals surface area contributed by atoms with Crippen molar-refractivity contribution >= 4 is 22.5 Å². The molecule has 6 heteroatoms. The molecule has 24 heavy (non-hydrogen) atoms. The zero-order valence-corrected chi connectivity index (χ0v) is 13.3. The lowest BCUT2D eigenvalue weighted by atomic mass is 10.2. The van der Waals surface area contributed by atoms with Gasteiger partial charge in [0, 0.05) is 19.6 Å². The minimum absolute atomic E-state index is 0.0602. The summed E-state index contributed by atoms with van der Waals surface area (Å²) in [5.74, 6) is -0.0602. The second kappa shape index (κ2) is 5.63. The number of carbonyl (C=O) groups excluding carboxylic acids is 1. The van der Waals surface area contributed by atoms with Gasteiger partial charge in [-0.1, -0.05) is 18.2 Å². The van der Waals surface area contributed by atoms with Crippen LogP contribution in [0.2, 0.25) is 0 Å². The molecule has 1 saturated heterocycles. The number of rotatable bonds is 3. The van der Waals surface area contributed by atoms with Crippen LogP contribution >= 0.6 is 0 Å². The van der Waals surface area contributed by atoms with Crippen LogP contribution in [0, 0.1) is 0 Å². The number of allylic oxidation sites excluding steroid dienone is 1. The molecule has 122 valence electrons. The number of nitrogens with zero attached hydrogens (tertiary/aromatic N) is 4. The highest BCUT2D eigenvalue weighted by molar-refractivity contribution is 6.01. The summed E-state index contributed by atoms with van der Waals surface area (Å²) in [7, 11) is 0. The maximum Gasteiger partial charge on any atom is 0.261 e. The van der Waals surface area contributed by atoms with Gasteiger partial charge in [0.2, 0.25) is 0 Å². The van der Waals surface area contributed by atoms with Crippen molar-refractivity contribution < 1.29 is 4.79 Å². The zero-order valence-electron chi connectivity index (χ0n) is 13.3. The summed E-state index contributed by atoms with van der Waals surface area (Å²) in [6.45, 7) is 5.59. The summed E-state index contributed by atoms with van der Waals surface area (Å²) in [6, 6.07) is 7.32. The lowest BCUT2D eigenvalue weighted by Gasteiger charge is -2.15. The van der Waals surface area contributed by atoms with Crippen LogP contribution < -0.4 is 5.56 Å². The minimum Gasteiger partial charge on any atom is -0.338 e. The van der Waals surface area contributed by atoms with Gasteiger partial charge in [-0.25, -0.2) is 4.52 Å². The molecular formula is C18H18N4O2. The summed E-state index contributed by atoms with van der Waals surface area (Å²) < 4.78 is 3.26. The largest absolute Gasteiger partial charge is 0.338 e. The van der Waals surface area contributed by atoms with Crippen molar-refractivity contribution in [2.45, 2.75) is 19.4 Å². The molecular weight excluding hydrogens is 304 g/mol. The van der Waals surface area contributed by atoms with Crippen LogP contribution in [0.25, 0.3) is 16.6 Å². The molecule has 1 fully saturated rings. The minimum atomic E-state index is -0.131. The molecule has 1 amide bonds. The summed E-state index contributed by atoms with van der Waals surface area (Å²) in [5.41, 5.74) is 1.59. The van der Waals surface area contributed by atoms with Gasteiger partial charge in [0.25, 0.3) is 11.5 Å². The van der Waals surface area contributed by atoms with Crippen molar-refractivity contribution in [3.8, 4) is 0 Å². The van der Waals surface area contributed by atoms with Gasteiger partial charge in [-0.3, -0.25) is 14.2 Å². The number of hydrogen-bond acceptors (Lipinski definition) is 3. The predicted molar refractivity (Wildman–Crippen MR) is 92.3 cm³/mol. The molecule has 3 aromatic rings. The Morgan fingerprint density at radius 1 is 1.25 bits per heavy atom. The SMILES string of the molecule is C=CCn1c(=O)c2ccccc2n2ncc(C(=O)N3CCCC3)c12. The van der Waals surface area contributed by atoms with E-state index in [1.54, 1.807) is 27.4 Å². The number of aromatic nitrogens is 3. The Labute approximate surface area is 138 Å². The average Bonchev–Trinajstić information content (AvgIpc) is 3.27. The van der Waals surface area contributed by atoms with Gasteiger partial charge in [-0.05, 0) is 25.0 Å². The maximum atomic E-state index is 12.9. The number of benzene rings is 1. The van der Waals surface area contributed by atoms with Gasteiger partial charge in [-0.15, -0.1) is 6.58 Å². The predicted octanol–water partition coefficient (Wildman–Crippen LogP) is 2.07. The number of fused-ring (bicyclic) bond motifs is 3. The van der Waals surface area contributed by atoms with E-state index in [1.165, 1.54) is 0 Å². The van der Waals surface area contributed by atoms with Crippen LogP contribution in [0.1, 0.15) is 23.2 Å². The standard InChI is InChI=1S/C18H18N4O2/c1-2-9-21-16-14(17(23)20-10-5-6-11-20)12-19-22(16)15-8-4-3-7-13(15)18(21)24/h2-4,7-8,12H,1,5-6,9-11H2. The van der Waals surface area contributed by atoms with Crippen molar-refractivity contribution in [3.63, 3.8) is 0 Å². The zero-order chi connectivity index (χ0) is 16.7. The fourth-order valence-electron chi connectivity index (χ4n) is 3.40. The van der Waals surface area contributed by atoms with E-state index in [9.17, 15) is 9.59 Å². The van der Waals surface area contributed by atoms with Crippen molar-refractivity contribution in [1.29, 1.82) is 0 Å². The smallest absolute Gasteiger partial charge is 0.261 e. The van der Waals surface area contributed by atoms with Gasteiger partial charge >= 0.3 is 0 Å². The quantitative estimate of drug-likeness (QED) is 0.694. The number of para-hydroxylation sites is 1. The number of carbonyl (C=O) groups is 1. The summed E-state index contributed by atoms with van der Waals surface area (Å²) >= 11 is 0. The Morgan fingerprint density at radius 2 is 2.00 bits per heavy atom. The normalized spacial score (nSPS) is 14.6. The average molecular weight is 322 g/mol. The van der Waals surface area contributed by atoms with E-state index < -0.39 is 0 Å². The van der Waals surface area contributed by atoms with E-state index in [1.807, 2.05) is 23.1 Å². The van der Waals surface area contributed by atoms with E-state index >= 15 is 0 Å². The molecule has 0 spiro atoms. The van der Waals surface area contributed by atoms with E-state index in [4.69, 9.17) is 0 Å². The highest BCUT2D eigenvalue weighted by atomic mass is 16.2. The summed E-state index contributed by atoms with van der Waals surface area (Å²) in [5, 5.41) is 4.98. The monoisotopic (exact) mass is 322 g/mol. The molecule has 4 rings (SSSR count). The number of likely N-dealkylation sites (tertiary alicyclic amines) is 1. The van der Waals surface area contributed by atoms with Gasteiger partial charge in [-0.2, -0.15) is 5.10 Å². The third kappa shape index (κ3) is 2.06. The summed E-state index contributed by atoms with van der Waals surface area (Å²) in [4.78, 5) is 27.6. The second-order valence-electron chi connectivity index (χ2n) is 6.01. The molecule has 0 bridgehead atoms. The van der Waals surface area contributed by atoms with Crippen molar-refractivity contribution in [1.82, 2.24) is 19.1 Å². The lowest BCUT2D eigenvalue weighted by Crippen LogP contribution is -2.29. The van der Waals surface area contributed by atoms with Crippen molar-refractivity contribution in [3.05, 3.63) is 59.0 Å². The fourth-order valence-corrected chi connectivity index (χ4v) is 3.40. The first kappa shape index (κ1) is 14.7. The van der Waals surface area contributed by atoms with Gasteiger partial charge in [0.1, 0.15) is 5.56 Å². The molecule has 0 saturated carbocycles. The van der Waals surface area contributed by atoms with Crippen LogP contribution in [0.4, 0.5) is 0 Å². The Morgan fingerprint density at radius 3 is 2.75 bits per heavy atom. The van der Waals surface area contributed by atoms with Crippen LogP contribution in [-0.4, -0.2) is 38.1 Å². The van der Waals surface area contributed by atoms with Crippen LogP contribution in [0.3, 0.4) is 0 Å². The molecule has 3 heterocycles. The second-order valence-corrected chi connectivity index (χ2v) is 6.01. The topological polar surface area (TPSA) is 59.6 Å². The molecule has 0 N–H and O–H groups in total. The van der Waals surface area contributed by atoms with Gasteiger partial charge < -0.3 is 4.90 Å². The van der Waals surface area contributed by atoms with E-state index in [0.717, 1.165) is 25.9 Å². The Balaban J connectivity index is 2.04. The highest BCUT2D eigenvalue weighted by Gasteiger charge is 2.25. The molecule has 0 radical (unpaired) electrons. The molecule has 2 aromatic heterocycles. The van der Waals surface area contributed by atoms with E-state index in [0.29, 0.717) is 28.7 Å². The number of hydrogen-bond donors (Lipinski definition) is 0. The van der Waals surface area contributed by atoms with Crippen molar-refractivity contribution in [2.75, 3.05) is 13.1 Å². The van der Waals surface area contributed by atoms with E-state index in [-0.39, 0.29) is 11.5 Å². The maximum absolute atomic E-state index is 12.9. The molecule has 1 aliphatic rings. The fraction of sp³-hybridized carbons (Fsp3) is 0.278. The Hall–Kier alpha value is -2.89. The molecule has 0 unspecified atom stereocenters. The third-order valence-electron chi connectivity index (χ3n) is 4.54. The third-order valence-corrected chi connectivity index (χ3v) is 4.54. The Kier molecular flexibility index (Phi) is 3.45. The Bertz CT molecular complexity index is 1010. The first-order valence-electron chi connectivity index (χ1n) is 8.12. The molecule has 6 nitrogen and oxygen atoms in total.